The highest BCUT2D eigenvalue weighted by Gasteiger charge is 2.44. The summed E-state index contributed by atoms with van der Waals surface area (Å²) in [6.45, 7) is 5.57. The molecule has 1 spiro atoms. The number of rotatable bonds is 0. The van der Waals surface area contributed by atoms with Crippen LogP contribution in [0.1, 0.15) is 24.0 Å². The van der Waals surface area contributed by atoms with Gasteiger partial charge in [0.15, 0.2) is 0 Å². The number of benzene rings is 2. The van der Waals surface area contributed by atoms with E-state index in [1.54, 1.807) is 11.1 Å². The van der Waals surface area contributed by atoms with Gasteiger partial charge in [-0.05, 0) is 40.0 Å². The number of quaternary nitrogens is 1. The quantitative estimate of drug-likeness (QED) is 0.456. The Morgan fingerprint density at radius 2 is 1.77 bits per heavy atom. The van der Waals surface area contributed by atoms with Crippen LogP contribution in [0.5, 0.6) is 0 Å². The molecule has 2 fully saturated rings. The summed E-state index contributed by atoms with van der Waals surface area (Å²) in [5.41, 5.74) is 4.82. The molecular weight excluding hydrogens is 381 g/mol. The number of nitrogens with zero attached hydrogens (tertiary/aromatic N) is 1. The molecule has 1 unspecified atom stereocenters. The Morgan fingerprint density at radius 1 is 0.955 bits per heavy atom. The van der Waals surface area contributed by atoms with Crippen molar-refractivity contribution in [2.45, 2.75) is 19.3 Å². The molecule has 2 saturated heterocycles. The lowest BCUT2D eigenvalue weighted by atomic mass is 9.83. The molecule has 1 atom stereocenters. The molecule has 2 aromatic rings. The van der Waals surface area contributed by atoms with Crippen LogP contribution < -0.4 is 24.0 Å². The molecule has 2 heterocycles. The number of hydrogen-bond donors (Lipinski definition) is 0. The molecule has 3 aliphatic rings. The summed E-state index contributed by atoms with van der Waals surface area (Å²) in [7, 11) is 0. The van der Waals surface area contributed by atoms with Crippen molar-refractivity contribution < 1.29 is 28.5 Å². The van der Waals surface area contributed by atoms with Crippen LogP contribution in [0.25, 0.3) is 16.8 Å². The molecule has 0 aromatic heterocycles. The predicted molar refractivity (Wildman–Crippen MR) is 88.1 cm³/mol. The van der Waals surface area contributed by atoms with Crippen LogP contribution in [0.15, 0.2) is 42.0 Å². The van der Waals surface area contributed by atoms with E-state index < -0.39 is 0 Å². The zero-order valence-corrected chi connectivity index (χ0v) is 15.1. The molecule has 0 radical (unpaired) electrons. The molecule has 1 aliphatic carbocycles. The van der Waals surface area contributed by atoms with Crippen LogP contribution in [0.4, 0.5) is 0 Å². The first-order chi connectivity index (χ1) is 10.3. The normalized spacial score (nSPS) is 24.7. The maximum atomic E-state index is 2.55. The SMILES string of the molecule is C1=C2C[N+]3(CCCC3)CC2Cc2ccc3ccccc3c21.[I-]. The van der Waals surface area contributed by atoms with E-state index in [4.69, 9.17) is 0 Å². The minimum atomic E-state index is 0. The van der Waals surface area contributed by atoms with Crippen LogP contribution >= 0.6 is 0 Å². The maximum absolute atomic E-state index is 2.55. The minimum Gasteiger partial charge on any atom is -1.00 e. The molecule has 114 valence electrons. The van der Waals surface area contributed by atoms with Gasteiger partial charge in [-0.2, -0.15) is 0 Å². The first-order valence-electron chi connectivity index (χ1n) is 8.39. The first-order valence-corrected chi connectivity index (χ1v) is 8.39. The van der Waals surface area contributed by atoms with E-state index in [2.05, 4.69) is 42.5 Å². The number of hydrogen-bond acceptors (Lipinski definition) is 0. The van der Waals surface area contributed by atoms with Gasteiger partial charge in [0.25, 0.3) is 0 Å². The first kappa shape index (κ1) is 14.7. The van der Waals surface area contributed by atoms with Crippen molar-refractivity contribution in [3.05, 3.63) is 53.1 Å². The van der Waals surface area contributed by atoms with Crippen molar-refractivity contribution in [3.63, 3.8) is 0 Å². The van der Waals surface area contributed by atoms with Gasteiger partial charge in [-0.25, -0.2) is 0 Å². The molecule has 22 heavy (non-hydrogen) atoms. The lowest BCUT2D eigenvalue weighted by Crippen LogP contribution is -3.00. The Bertz CT molecular complexity index is 755. The van der Waals surface area contributed by atoms with Crippen LogP contribution in [0.3, 0.4) is 0 Å². The fraction of sp³-hybridized carbons (Fsp3) is 0.400. The lowest BCUT2D eigenvalue weighted by Gasteiger charge is -2.28. The molecule has 5 rings (SSSR count). The largest absolute Gasteiger partial charge is 1.00 e. The standard InChI is InChI=1S/C20H22N.HI/c1-2-6-19-15(5-1)7-8-16-11-17-13-21(9-3-4-10-21)14-18(17)12-20(16)19;/h1-2,5-8,12,17H,3-4,9-11,13-14H2;1H/q+1;/p-1. The third-order valence-corrected chi connectivity index (χ3v) is 6.02. The summed E-state index contributed by atoms with van der Waals surface area (Å²) in [5.74, 6) is 0.816. The fourth-order valence-corrected chi connectivity index (χ4v) is 5.01. The fourth-order valence-electron chi connectivity index (χ4n) is 5.01. The summed E-state index contributed by atoms with van der Waals surface area (Å²) in [5, 5.41) is 2.83. The van der Waals surface area contributed by atoms with E-state index in [0.29, 0.717) is 0 Å². The van der Waals surface area contributed by atoms with E-state index in [1.807, 2.05) is 0 Å². The summed E-state index contributed by atoms with van der Waals surface area (Å²) < 4.78 is 1.39. The van der Waals surface area contributed by atoms with Crippen LogP contribution in [0.2, 0.25) is 0 Å². The van der Waals surface area contributed by atoms with Gasteiger partial charge in [-0.3, -0.25) is 0 Å². The van der Waals surface area contributed by atoms with E-state index >= 15 is 0 Å². The Morgan fingerprint density at radius 3 is 2.64 bits per heavy atom. The van der Waals surface area contributed by atoms with E-state index in [1.165, 1.54) is 66.3 Å². The van der Waals surface area contributed by atoms with Crippen LogP contribution in [-0.2, 0) is 6.42 Å². The summed E-state index contributed by atoms with van der Waals surface area (Å²) in [6, 6.07) is 13.5. The molecule has 2 aliphatic heterocycles. The monoisotopic (exact) mass is 403 g/mol. The Kier molecular flexibility index (Phi) is 3.57. The molecular formula is C20H22IN. The molecule has 0 amide bonds. The second-order valence-electron chi connectivity index (χ2n) is 7.32. The van der Waals surface area contributed by atoms with Crippen molar-refractivity contribution >= 4 is 16.8 Å². The topological polar surface area (TPSA) is 0 Å². The Labute approximate surface area is 149 Å². The summed E-state index contributed by atoms with van der Waals surface area (Å²) in [4.78, 5) is 0. The third-order valence-electron chi connectivity index (χ3n) is 6.02. The van der Waals surface area contributed by atoms with Gasteiger partial charge < -0.3 is 28.5 Å². The second-order valence-corrected chi connectivity index (χ2v) is 7.32. The predicted octanol–water partition coefficient (Wildman–Crippen LogP) is 1.02. The highest BCUT2D eigenvalue weighted by molar-refractivity contribution is 5.93. The molecule has 1 nitrogen and oxygen atoms in total. The third kappa shape index (κ3) is 2.15. The van der Waals surface area contributed by atoms with Crippen molar-refractivity contribution in [1.29, 1.82) is 0 Å². The maximum Gasteiger partial charge on any atom is 0.101 e. The summed E-state index contributed by atoms with van der Waals surface area (Å²) >= 11 is 0. The van der Waals surface area contributed by atoms with Gasteiger partial charge in [-0.1, -0.05) is 36.4 Å². The van der Waals surface area contributed by atoms with Crippen LogP contribution in [-0.4, -0.2) is 30.7 Å². The molecule has 0 bridgehead atoms. The molecule has 2 heteroatoms. The van der Waals surface area contributed by atoms with E-state index in [0.717, 1.165) is 5.92 Å². The van der Waals surface area contributed by atoms with Gasteiger partial charge in [0.1, 0.15) is 6.54 Å². The second kappa shape index (κ2) is 5.34. The average molecular weight is 403 g/mol. The van der Waals surface area contributed by atoms with Gasteiger partial charge >= 0.3 is 0 Å². The van der Waals surface area contributed by atoms with Crippen molar-refractivity contribution in [3.8, 4) is 0 Å². The Balaban J connectivity index is 0.00000125. The van der Waals surface area contributed by atoms with E-state index in [9.17, 15) is 0 Å². The zero-order valence-electron chi connectivity index (χ0n) is 12.9. The van der Waals surface area contributed by atoms with Gasteiger partial charge in [-0.15, -0.1) is 0 Å². The van der Waals surface area contributed by atoms with E-state index in [-0.39, 0.29) is 24.0 Å². The van der Waals surface area contributed by atoms with Gasteiger partial charge in [0.2, 0.25) is 0 Å². The number of halogens is 1. The van der Waals surface area contributed by atoms with Gasteiger partial charge in [0, 0.05) is 18.8 Å². The molecule has 2 aromatic carbocycles. The van der Waals surface area contributed by atoms with Crippen LogP contribution in [0, 0.1) is 5.92 Å². The average Bonchev–Trinajstić information content (AvgIpc) is 3.11. The summed E-state index contributed by atoms with van der Waals surface area (Å²) in [6.07, 6.45) is 6.70. The smallest absolute Gasteiger partial charge is 0.101 e. The van der Waals surface area contributed by atoms with Crippen molar-refractivity contribution in [1.82, 2.24) is 0 Å². The Hall–Kier alpha value is -0.870. The van der Waals surface area contributed by atoms with Crippen molar-refractivity contribution in [2.75, 3.05) is 26.2 Å². The van der Waals surface area contributed by atoms with Gasteiger partial charge in [0.05, 0.1) is 19.6 Å². The zero-order chi connectivity index (χ0) is 13.9. The molecule has 0 saturated carbocycles. The minimum absolute atomic E-state index is 0. The van der Waals surface area contributed by atoms with Crippen molar-refractivity contribution in [2.24, 2.45) is 5.92 Å². The molecule has 0 N–H and O–H groups in total. The highest BCUT2D eigenvalue weighted by Crippen LogP contribution is 2.41. The lowest BCUT2D eigenvalue weighted by molar-refractivity contribution is -0.904. The number of fused-ring (bicyclic) bond motifs is 4. The highest BCUT2D eigenvalue weighted by atomic mass is 127.